The maximum Gasteiger partial charge on any atom is 0.347 e. The highest BCUT2D eigenvalue weighted by Crippen LogP contribution is 2.19. The molecule has 1 heterocycles. The van der Waals surface area contributed by atoms with Crippen molar-refractivity contribution < 1.29 is 14.3 Å². The molecular weight excluding hydrogens is 382 g/mol. The molecule has 0 spiro atoms. The van der Waals surface area contributed by atoms with Crippen LogP contribution in [0.1, 0.15) is 12.7 Å². The van der Waals surface area contributed by atoms with Crippen molar-refractivity contribution >= 4 is 35.2 Å². The van der Waals surface area contributed by atoms with Gasteiger partial charge in [0.1, 0.15) is 5.75 Å². The van der Waals surface area contributed by atoms with E-state index in [0.717, 1.165) is 5.69 Å². The zero-order valence-corrected chi connectivity index (χ0v) is 15.8. The minimum absolute atomic E-state index is 0.0164. The molecule has 0 bridgehead atoms. The van der Waals surface area contributed by atoms with Crippen molar-refractivity contribution in [2.75, 3.05) is 11.1 Å². The standard InChI is InChI=1S/C19H18ClN5O3/c1-12(28-15-9-5-6-13(20)10-15)17(26)27-11-16-23-18(21)25-19(24-16)22-14-7-3-2-4-8-14/h2-10,12H,11H2,1H3,(H3,21,22,23,24,25)/t12-/m0/s1. The van der Waals surface area contributed by atoms with Gasteiger partial charge in [-0.1, -0.05) is 35.9 Å². The van der Waals surface area contributed by atoms with Crippen LogP contribution >= 0.6 is 11.6 Å². The first-order valence-corrected chi connectivity index (χ1v) is 8.79. The third kappa shape index (κ3) is 5.55. The number of esters is 1. The van der Waals surface area contributed by atoms with E-state index in [1.165, 1.54) is 0 Å². The lowest BCUT2D eigenvalue weighted by atomic mass is 10.3. The average molecular weight is 400 g/mol. The van der Waals surface area contributed by atoms with Crippen LogP contribution < -0.4 is 15.8 Å². The number of para-hydroxylation sites is 1. The lowest BCUT2D eigenvalue weighted by Gasteiger charge is -2.14. The SMILES string of the molecule is C[C@H](Oc1cccc(Cl)c1)C(=O)OCc1nc(N)nc(Nc2ccccc2)n1. The Balaban J connectivity index is 1.59. The van der Waals surface area contributed by atoms with Crippen LogP contribution in [-0.4, -0.2) is 27.0 Å². The smallest absolute Gasteiger partial charge is 0.347 e. The summed E-state index contributed by atoms with van der Waals surface area (Å²) in [7, 11) is 0. The van der Waals surface area contributed by atoms with Crippen LogP contribution in [0.3, 0.4) is 0 Å². The van der Waals surface area contributed by atoms with E-state index in [2.05, 4.69) is 20.3 Å². The third-order valence-corrected chi connectivity index (χ3v) is 3.75. The largest absolute Gasteiger partial charge is 0.479 e. The van der Waals surface area contributed by atoms with Crippen LogP contribution in [0.5, 0.6) is 5.75 Å². The Morgan fingerprint density at radius 2 is 1.93 bits per heavy atom. The van der Waals surface area contributed by atoms with Crippen molar-refractivity contribution in [3.8, 4) is 5.75 Å². The highest BCUT2D eigenvalue weighted by Gasteiger charge is 2.17. The van der Waals surface area contributed by atoms with Crippen LogP contribution in [0.4, 0.5) is 17.6 Å². The maximum absolute atomic E-state index is 12.2. The quantitative estimate of drug-likeness (QED) is 0.581. The molecule has 0 radical (unpaired) electrons. The Morgan fingerprint density at radius 3 is 2.68 bits per heavy atom. The van der Waals surface area contributed by atoms with E-state index in [-0.39, 0.29) is 24.3 Å². The first kappa shape index (κ1) is 19.4. The second-order valence-electron chi connectivity index (χ2n) is 5.75. The van der Waals surface area contributed by atoms with Crippen molar-refractivity contribution in [3.63, 3.8) is 0 Å². The third-order valence-electron chi connectivity index (χ3n) is 3.51. The van der Waals surface area contributed by atoms with E-state index in [0.29, 0.717) is 10.8 Å². The van der Waals surface area contributed by atoms with E-state index >= 15 is 0 Å². The molecule has 144 valence electrons. The number of ether oxygens (including phenoxy) is 2. The fourth-order valence-corrected chi connectivity index (χ4v) is 2.43. The summed E-state index contributed by atoms with van der Waals surface area (Å²) in [4.78, 5) is 24.4. The molecular formula is C19H18ClN5O3. The summed E-state index contributed by atoms with van der Waals surface area (Å²) in [5, 5.41) is 3.52. The second kappa shape index (κ2) is 9.01. The minimum atomic E-state index is -0.834. The summed E-state index contributed by atoms with van der Waals surface area (Å²) in [6, 6.07) is 16.1. The van der Waals surface area contributed by atoms with Gasteiger partial charge in [0, 0.05) is 10.7 Å². The van der Waals surface area contributed by atoms with Gasteiger partial charge in [-0.15, -0.1) is 0 Å². The van der Waals surface area contributed by atoms with Gasteiger partial charge >= 0.3 is 5.97 Å². The Morgan fingerprint density at radius 1 is 1.14 bits per heavy atom. The number of anilines is 3. The predicted octanol–water partition coefficient (Wildman–Crippen LogP) is 3.36. The minimum Gasteiger partial charge on any atom is -0.479 e. The van der Waals surface area contributed by atoms with Crippen molar-refractivity contribution in [2.24, 2.45) is 0 Å². The molecule has 0 amide bonds. The van der Waals surface area contributed by atoms with Gasteiger partial charge in [0.25, 0.3) is 0 Å². The lowest BCUT2D eigenvalue weighted by Crippen LogP contribution is -2.26. The number of nitrogens with two attached hydrogens (primary N) is 1. The maximum atomic E-state index is 12.2. The number of hydrogen-bond donors (Lipinski definition) is 2. The van der Waals surface area contributed by atoms with Crippen LogP contribution in [0.15, 0.2) is 54.6 Å². The molecule has 9 heteroatoms. The number of rotatable bonds is 7. The molecule has 28 heavy (non-hydrogen) atoms. The van der Waals surface area contributed by atoms with Crippen LogP contribution in [0.2, 0.25) is 5.02 Å². The molecule has 0 aliphatic carbocycles. The van der Waals surface area contributed by atoms with Gasteiger partial charge in [0.05, 0.1) is 0 Å². The Bertz CT molecular complexity index is 955. The van der Waals surface area contributed by atoms with Crippen molar-refractivity contribution in [3.05, 3.63) is 65.4 Å². The number of carbonyl (C=O) groups is 1. The number of hydrogen-bond acceptors (Lipinski definition) is 8. The molecule has 3 rings (SSSR count). The summed E-state index contributed by atoms with van der Waals surface area (Å²) >= 11 is 5.90. The van der Waals surface area contributed by atoms with Gasteiger partial charge in [-0.3, -0.25) is 0 Å². The fourth-order valence-electron chi connectivity index (χ4n) is 2.25. The first-order chi connectivity index (χ1) is 13.5. The molecule has 0 aliphatic rings. The molecule has 0 saturated heterocycles. The molecule has 3 N–H and O–H groups in total. The summed E-state index contributed by atoms with van der Waals surface area (Å²) in [5.74, 6) is 0.386. The highest BCUT2D eigenvalue weighted by molar-refractivity contribution is 6.30. The summed E-state index contributed by atoms with van der Waals surface area (Å²) < 4.78 is 10.7. The Hall–Kier alpha value is -3.39. The van der Waals surface area contributed by atoms with E-state index in [1.807, 2.05) is 30.3 Å². The second-order valence-corrected chi connectivity index (χ2v) is 6.19. The predicted molar refractivity (Wildman–Crippen MR) is 105 cm³/mol. The van der Waals surface area contributed by atoms with Crippen molar-refractivity contribution in [2.45, 2.75) is 19.6 Å². The van der Waals surface area contributed by atoms with Crippen LogP contribution in [0.25, 0.3) is 0 Å². The fraction of sp³-hybridized carbons (Fsp3) is 0.158. The summed E-state index contributed by atoms with van der Waals surface area (Å²) in [6.45, 7) is 1.41. The molecule has 0 aliphatic heterocycles. The zero-order chi connectivity index (χ0) is 19.9. The van der Waals surface area contributed by atoms with Gasteiger partial charge in [-0.25, -0.2) is 4.79 Å². The van der Waals surface area contributed by atoms with Crippen LogP contribution in [0, 0.1) is 0 Å². The van der Waals surface area contributed by atoms with Gasteiger partial charge in [-0.2, -0.15) is 15.0 Å². The van der Waals surface area contributed by atoms with E-state index in [4.69, 9.17) is 26.8 Å². The highest BCUT2D eigenvalue weighted by atomic mass is 35.5. The molecule has 1 aromatic heterocycles. The number of nitrogens with zero attached hydrogens (tertiary/aromatic N) is 3. The number of carbonyl (C=O) groups excluding carboxylic acids is 1. The summed E-state index contributed by atoms with van der Waals surface area (Å²) in [6.07, 6.45) is -0.834. The van der Waals surface area contributed by atoms with Gasteiger partial charge in [0.15, 0.2) is 18.5 Å². The number of halogens is 1. The monoisotopic (exact) mass is 399 g/mol. The molecule has 0 fully saturated rings. The molecule has 1 atom stereocenters. The summed E-state index contributed by atoms with van der Waals surface area (Å²) in [5.41, 5.74) is 6.51. The number of benzene rings is 2. The van der Waals surface area contributed by atoms with E-state index < -0.39 is 12.1 Å². The van der Waals surface area contributed by atoms with Crippen molar-refractivity contribution in [1.29, 1.82) is 0 Å². The molecule has 8 nitrogen and oxygen atoms in total. The zero-order valence-electron chi connectivity index (χ0n) is 15.0. The van der Waals surface area contributed by atoms with Gasteiger partial charge in [0.2, 0.25) is 11.9 Å². The Kier molecular flexibility index (Phi) is 6.23. The average Bonchev–Trinajstić information content (AvgIpc) is 2.66. The lowest BCUT2D eigenvalue weighted by molar-refractivity contribution is -0.152. The Labute approximate surface area is 166 Å². The number of nitrogens with one attached hydrogen (secondary N) is 1. The molecule has 0 saturated carbocycles. The molecule has 2 aromatic carbocycles. The molecule has 3 aromatic rings. The van der Waals surface area contributed by atoms with Crippen LogP contribution in [-0.2, 0) is 16.1 Å². The first-order valence-electron chi connectivity index (χ1n) is 8.41. The topological polar surface area (TPSA) is 112 Å². The number of nitrogen functional groups attached to an aromatic ring is 1. The van der Waals surface area contributed by atoms with Gasteiger partial charge in [-0.05, 0) is 37.3 Å². The number of aromatic nitrogens is 3. The van der Waals surface area contributed by atoms with Gasteiger partial charge < -0.3 is 20.5 Å². The van der Waals surface area contributed by atoms with E-state index in [1.54, 1.807) is 31.2 Å². The van der Waals surface area contributed by atoms with Crippen molar-refractivity contribution in [1.82, 2.24) is 15.0 Å². The normalized spacial score (nSPS) is 11.5. The van der Waals surface area contributed by atoms with E-state index in [9.17, 15) is 4.79 Å². The molecule has 0 unspecified atom stereocenters.